The summed E-state index contributed by atoms with van der Waals surface area (Å²) in [6.07, 6.45) is 8.73. The van der Waals surface area contributed by atoms with Gasteiger partial charge in [-0.1, -0.05) is 0 Å². The van der Waals surface area contributed by atoms with Gasteiger partial charge in [-0.2, -0.15) is 0 Å². The van der Waals surface area contributed by atoms with Crippen LogP contribution in [0.15, 0.2) is 30.7 Å². The summed E-state index contributed by atoms with van der Waals surface area (Å²) in [5, 5.41) is 2.84. The number of aryl methyl sites for hydroxylation is 1. The number of urea groups is 1. The molecule has 0 bridgehead atoms. The lowest BCUT2D eigenvalue weighted by atomic mass is 10.1. The number of rotatable bonds is 4. The molecule has 1 saturated heterocycles. The molecule has 0 aromatic carbocycles. The van der Waals surface area contributed by atoms with Crippen molar-refractivity contribution < 1.29 is 9.18 Å². The predicted octanol–water partition coefficient (Wildman–Crippen LogP) is 3.69. The summed E-state index contributed by atoms with van der Waals surface area (Å²) in [6.45, 7) is 8.94. The quantitative estimate of drug-likeness (QED) is 0.639. The van der Waals surface area contributed by atoms with Crippen molar-refractivity contribution in [1.82, 2.24) is 19.3 Å². The Hall–Kier alpha value is -3.20. The lowest BCUT2D eigenvalue weighted by Gasteiger charge is -2.41. The molecule has 1 atom stereocenters. The summed E-state index contributed by atoms with van der Waals surface area (Å²) < 4.78 is 16.0. The third-order valence-electron chi connectivity index (χ3n) is 7.27. The number of halogens is 1. The fourth-order valence-electron chi connectivity index (χ4n) is 5.32. The van der Waals surface area contributed by atoms with Crippen LogP contribution in [-0.4, -0.2) is 64.1 Å². The normalized spacial score (nSPS) is 20.7. The first-order valence-electron chi connectivity index (χ1n) is 12.2. The van der Waals surface area contributed by atoms with Gasteiger partial charge < -0.3 is 14.6 Å². The van der Waals surface area contributed by atoms with E-state index in [-0.39, 0.29) is 11.7 Å². The van der Waals surface area contributed by atoms with Crippen molar-refractivity contribution in [2.45, 2.75) is 39.2 Å². The number of anilines is 3. The van der Waals surface area contributed by atoms with Crippen molar-refractivity contribution >= 4 is 28.9 Å². The van der Waals surface area contributed by atoms with Crippen LogP contribution in [0.2, 0.25) is 0 Å². The topological polar surface area (TPSA) is 69.0 Å². The van der Waals surface area contributed by atoms with E-state index >= 15 is 0 Å². The number of nitrogens with zero attached hydrogens (tertiary/aromatic N) is 6. The number of imidazole rings is 1. The maximum Gasteiger partial charge on any atom is 0.327 e. The molecule has 1 aliphatic carbocycles. The molecule has 2 fully saturated rings. The first-order chi connectivity index (χ1) is 16.5. The fraction of sp³-hybridized carbons (Fsp3) is 0.480. The van der Waals surface area contributed by atoms with Gasteiger partial charge in [-0.15, -0.1) is 0 Å². The highest BCUT2D eigenvalue weighted by atomic mass is 19.1. The van der Waals surface area contributed by atoms with Gasteiger partial charge in [0.25, 0.3) is 0 Å². The van der Waals surface area contributed by atoms with Crippen molar-refractivity contribution in [3.63, 3.8) is 0 Å². The second-order valence-electron chi connectivity index (χ2n) is 9.89. The van der Waals surface area contributed by atoms with Crippen molar-refractivity contribution in [1.29, 1.82) is 0 Å². The number of carbonyl (C=O) groups excluding carboxylic acids is 1. The first-order valence-corrected chi connectivity index (χ1v) is 12.2. The monoisotopic (exact) mass is 463 g/mol. The molecule has 8 nitrogen and oxygen atoms in total. The molecule has 5 heterocycles. The summed E-state index contributed by atoms with van der Waals surface area (Å²) in [7, 11) is 0. The minimum Gasteiger partial charge on any atom is -0.368 e. The van der Waals surface area contributed by atoms with Gasteiger partial charge in [0.05, 0.1) is 11.4 Å². The first kappa shape index (κ1) is 21.3. The molecule has 34 heavy (non-hydrogen) atoms. The average molecular weight is 464 g/mol. The van der Waals surface area contributed by atoms with E-state index in [2.05, 4.69) is 38.1 Å². The minimum absolute atomic E-state index is 0.250. The molecule has 1 N–H and O–H groups in total. The predicted molar refractivity (Wildman–Crippen MR) is 130 cm³/mol. The van der Waals surface area contributed by atoms with Crippen molar-refractivity contribution in [3.8, 4) is 0 Å². The van der Waals surface area contributed by atoms with Gasteiger partial charge in [-0.3, -0.25) is 9.80 Å². The summed E-state index contributed by atoms with van der Waals surface area (Å²) >= 11 is 0. The molecule has 2 amide bonds. The van der Waals surface area contributed by atoms with Crippen molar-refractivity contribution in [2.24, 2.45) is 5.92 Å². The smallest absolute Gasteiger partial charge is 0.327 e. The van der Waals surface area contributed by atoms with E-state index < -0.39 is 5.82 Å². The van der Waals surface area contributed by atoms with Crippen LogP contribution >= 0.6 is 0 Å². The van der Waals surface area contributed by atoms with E-state index in [0.29, 0.717) is 24.1 Å². The molecule has 0 radical (unpaired) electrons. The maximum atomic E-state index is 14.4. The molecule has 6 rings (SSSR count). The molecule has 178 valence electrons. The number of hydrogen-bond acceptors (Lipinski definition) is 5. The fourth-order valence-corrected chi connectivity index (χ4v) is 5.32. The molecule has 1 saturated carbocycles. The highest BCUT2D eigenvalue weighted by Crippen LogP contribution is 2.36. The van der Waals surface area contributed by atoms with Crippen LogP contribution in [0.5, 0.6) is 0 Å². The van der Waals surface area contributed by atoms with Crippen molar-refractivity contribution in [2.75, 3.05) is 47.8 Å². The van der Waals surface area contributed by atoms with Gasteiger partial charge >= 0.3 is 6.03 Å². The summed E-state index contributed by atoms with van der Waals surface area (Å²) in [5.41, 5.74) is 3.65. The molecule has 2 aliphatic heterocycles. The van der Waals surface area contributed by atoms with Gasteiger partial charge in [-0.25, -0.2) is 19.2 Å². The lowest BCUT2D eigenvalue weighted by Crippen LogP contribution is -2.52. The van der Waals surface area contributed by atoms with E-state index in [0.717, 1.165) is 43.2 Å². The minimum atomic E-state index is -0.469. The molecular formula is C25H30FN7O. The molecule has 0 spiro atoms. The standard InChI is InChI=1S/C25H30FN7O/c1-16-12-32-15-19(11-21(26)24(32)28-16)29-25(34)33-8-6-20-22(5-7-27-23(20)33)31-10-9-30(17(2)13-31)14-18-3-4-18/h5,7,11-12,15,17-18H,3-4,6,8-10,13-14H2,1-2H3,(H,29,34)/t17-/m0/s1. The maximum absolute atomic E-state index is 14.4. The van der Waals surface area contributed by atoms with Crippen LogP contribution in [0.1, 0.15) is 31.0 Å². The lowest BCUT2D eigenvalue weighted by molar-refractivity contribution is 0.182. The number of amides is 2. The van der Waals surface area contributed by atoms with Crippen LogP contribution in [0, 0.1) is 18.7 Å². The zero-order chi connectivity index (χ0) is 23.4. The van der Waals surface area contributed by atoms with Gasteiger partial charge in [0.15, 0.2) is 11.5 Å². The zero-order valence-electron chi connectivity index (χ0n) is 19.7. The Balaban J connectivity index is 1.19. The van der Waals surface area contributed by atoms with Crippen LogP contribution in [-0.2, 0) is 6.42 Å². The molecule has 3 aromatic heterocycles. The van der Waals surface area contributed by atoms with Gasteiger partial charge in [0.2, 0.25) is 0 Å². The molecule has 3 aliphatic rings. The molecule has 3 aromatic rings. The number of aromatic nitrogens is 3. The Morgan fingerprint density at radius 2 is 2.09 bits per heavy atom. The van der Waals surface area contributed by atoms with E-state index in [4.69, 9.17) is 0 Å². The average Bonchev–Trinajstić information content (AvgIpc) is 3.37. The van der Waals surface area contributed by atoms with Crippen LogP contribution in [0.4, 0.5) is 26.4 Å². The number of fused-ring (bicyclic) bond motifs is 2. The Morgan fingerprint density at radius 3 is 2.88 bits per heavy atom. The number of carbonyl (C=O) groups is 1. The van der Waals surface area contributed by atoms with Gasteiger partial charge in [0, 0.05) is 74.7 Å². The second-order valence-corrected chi connectivity index (χ2v) is 9.89. The highest BCUT2D eigenvalue weighted by Gasteiger charge is 2.33. The zero-order valence-corrected chi connectivity index (χ0v) is 19.7. The molecule has 9 heteroatoms. The molecule has 0 unspecified atom stereocenters. The Labute approximate surface area is 198 Å². The largest absolute Gasteiger partial charge is 0.368 e. The highest BCUT2D eigenvalue weighted by molar-refractivity contribution is 6.03. The Morgan fingerprint density at radius 1 is 1.24 bits per heavy atom. The summed E-state index contributed by atoms with van der Waals surface area (Å²) in [6, 6.07) is 3.59. The third-order valence-corrected chi connectivity index (χ3v) is 7.27. The number of hydrogen-bond donors (Lipinski definition) is 1. The molecular weight excluding hydrogens is 433 g/mol. The SMILES string of the molecule is Cc1cn2cc(NC(=O)N3CCc4c(N5CCN(CC6CC6)[C@@H](C)C5)ccnc43)cc(F)c2n1. The van der Waals surface area contributed by atoms with Crippen LogP contribution in [0.3, 0.4) is 0 Å². The second kappa shape index (κ2) is 8.23. The van der Waals surface area contributed by atoms with E-state index in [1.54, 1.807) is 27.9 Å². The van der Waals surface area contributed by atoms with E-state index in [1.165, 1.54) is 31.1 Å². The summed E-state index contributed by atoms with van der Waals surface area (Å²) in [5.74, 6) is 1.13. The van der Waals surface area contributed by atoms with Crippen LogP contribution in [0.25, 0.3) is 5.65 Å². The van der Waals surface area contributed by atoms with Gasteiger partial charge in [-0.05, 0) is 45.1 Å². The van der Waals surface area contributed by atoms with Gasteiger partial charge in [0.1, 0.15) is 5.82 Å². The Bertz CT molecular complexity index is 1250. The van der Waals surface area contributed by atoms with Crippen molar-refractivity contribution in [3.05, 3.63) is 47.8 Å². The van der Waals surface area contributed by atoms with E-state index in [1.807, 2.05) is 6.92 Å². The van der Waals surface area contributed by atoms with E-state index in [9.17, 15) is 9.18 Å². The Kier molecular flexibility index (Phi) is 5.17. The number of nitrogens with one attached hydrogen (secondary N) is 1. The van der Waals surface area contributed by atoms with Crippen LogP contribution < -0.4 is 15.1 Å². The third kappa shape index (κ3) is 3.87. The number of piperazine rings is 1. The summed E-state index contributed by atoms with van der Waals surface area (Å²) in [4.78, 5) is 28.6. The number of pyridine rings is 2.